The molecule has 8 heteroatoms. The number of ether oxygens (including phenoxy) is 2. The van der Waals surface area contributed by atoms with E-state index in [1.165, 1.54) is 11.7 Å². The number of rotatable bonds is 7. The predicted octanol–water partition coefficient (Wildman–Crippen LogP) is 2.86. The Bertz CT molecular complexity index is 1100. The molecule has 2 heterocycles. The van der Waals surface area contributed by atoms with Crippen molar-refractivity contribution < 1.29 is 19.4 Å². The van der Waals surface area contributed by atoms with Crippen molar-refractivity contribution in [3.05, 3.63) is 56.4 Å². The van der Waals surface area contributed by atoms with Gasteiger partial charge in [-0.3, -0.25) is 9.36 Å². The molecule has 2 aromatic heterocycles. The first-order chi connectivity index (χ1) is 13.8. The first-order valence-electron chi connectivity index (χ1n) is 9.34. The molecule has 0 fully saturated rings. The molecule has 29 heavy (non-hydrogen) atoms. The monoisotopic (exact) mass is 416 g/mol. The molecule has 0 radical (unpaired) electrons. The number of aliphatic hydroxyl groups is 1. The topological polar surface area (TPSA) is 90.7 Å². The number of aromatic nitrogens is 2. The van der Waals surface area contributed by atoms with Gasteiger partial charge in [-0.2, -0.15) is 0 Å². The summed E-state index contributed by atoms with van der Waals surface area (Å²) in [6.07, 6.45) is 0.00285. The van der Waals surface area contributed by atoms with Crippen LogP contribution in [0, 0.1) is 13.8 Å². The highest BCUT2D eigenvalue weighted by Crippen LogP contribution is 2.28. The van der Waals surface area contributed by atoms with Gasteiger partial charge in [0.15, 0.2) is 0 Å². The number of fused-ring (bicyclic) bond motifs is 1. The molecule has 0 saturated carbocycles. The summed E-state index contributed by atoms with van der Waals surface area (Å²) in [5.74, 6) is 0.654. The molecule has 0 unspecified atom stereocenters. The van der Waals surface area contributed by atoms with E-state index >= 15 is 0 Å². The fourth-order valence-corrected chi connectivity index (χ4v) is 4.27. The number of benzene rings is 1. The standard InChI is InChI=1S/C21H24N2O5S/c1-5-14-7-6-8-16(9-14)28-11-15(24)10-23-13(3)22-19-17(20(23)25)12(2)18(29-19)21(26)27-4/h6-9,15,24H,5,10-11H2,1-4H3/t15-/m1/s1. The van der Waals surface area contributed by atoms with E-state index in [2.05, 4.69) is 11.9 Å². The Morgan fingerprint density at radius 2 is 2.10 bits per heavy atom. The van der Waals surface area contributed by atoms with Crippen LogP contribution in [-0.2, 0) is 17.7 Å². The molecule has 1 N–H and O–H groups in total. The van der Waals surface area contributed by atoms with Crippen molar-refractivity contribution in [3.63, 3.8) is 0 Å². The van der Waals surface area contributed by atoms with Gasteiger partial charge in [0.05, 0.1) is 19.0 Å². The van der Waals surface area contributed by atoms with E-state index in [-0.39, 0.29) is 18.7 Å². The Kier molecular flexibility index (Phi) is 6.34. The van der Waals surface area contributed by atoms with Crippen molar-refractivity contribution >= 4 is 27.5 Å². The summed E-state index contributed by atoms with van der Waals surface area (Å²) in [6.45, 7) is 5.56. The minimum Gasteiger partial charge on any atom is -0.491 e. The van der Waals surface area contributed by atoms with Crippen molar-refractivity contribution in [1.29, 1.82) is 0 Å². The lowest BCUT2D eigenvalue weighted by Crippen LogP contribution is -2.32. The number of methoxy groups -OCH3 is 1. The second-order valence-corrected chi connectivity index (χ2v) is 7.77. The third kappa shape index (κ3) is 4.33. The zero-order chi connectivity index (χ0) is 21.1. The van der Waals surface area contributed by atoms with Gasteiger partial charge in [-0.25, -0.2) is 9.78 Å². The van der Waals surface area contributed by atoms with E-state index in [4.69, 9.17) is 9.47 Å². The number of carbonyl (C=O) groups is 1. The highest BCUT2D eigenvalue weighted by atomic mass is 32.1. The Morgan fingerprint density at radius 1 is 1.34 bits per heavy atom. The molecular weight excluding hydrogens is 392 g/mol. The van der Waals surface area contributed by atoms with Gasteiger partial charge in [-0.1, -0.05) is 19.1 Å². The number of hydrogen-bond acceptors (Lipinski definition) is 7. The maximum absolute atomic E-state index is 13.0. The van der Waals surface area contributed by atoms with Crippen LogP contribution in [0.15, 0.2) is 29.1 Å². The summed E-state index contributed by atoms with van der Waals surface area (Å²) in [4.78, 5) is 30.2. The lowest BCUT2D eigenvalue weighted by molar-refractivity contribution is 0.0605. The van der Waals surface area contributed by atoms with Crippen LogP contribution in [0.5, 0.6) is 5.75 Å². The van der Waals surface area contributed by atoms with Crippen molar-refractivity contribution in [2.45, 2.75) is 39.8 Å². The third-order valence-electron chi connectivity index (χ3n) is 4.75. The number of hydrogen-bond donors (Lipinski definition) is 1. The van der Waals surface area contributed by atoms with E-state index in [0.717, 1.165) is 23.3 Å². The number of aliphatic hydroxyl groups excluding tert-OH is 1. The summed E-state index contributed by atoms with van der Waals surface area (Å²) >= 11 is 1.14. The Balaban J connectivity index is 1.82. The van der Waals surface area contributed by atoms with Crippen LogP contribution in [0.3, 0.4) is 0 Å². The summed E-state index contributed by atoms with van der Waals surface area (Å²) in [5, 5.41) is 10.8. The van der Waals surface area contributed by atoms with Crippen molar-refractivity contribution in [2.75, 3.05) is 13.7 Å². The maximum atomic E-state index is 13.0. The zero-order valence-corrected chi connectivity index (χ0v) is 17.7. The summed E-state index contributed by atoms with van der Waals surface area (Å²) in [5.41, 5.74) is 1.40. The second kappa shape index (κ2) is 8.75. The molecule has 3 rings (SSSR count). The van der Waals surface area contributed by atoms with Crippen molar-refractivity contribution in [3.8, 4) is 5.75 Å². The van der Waals surface area contributed by atoms with Gasteiger partial charge in [0.25, 0.3) is 5.56 Å². The fourth-order valence-electron chi connectivity index (χ4n) is 3.13. The maximum Gasteiger partial charge on any atom is 0.348 e. The molecule has 0 bridgehead atoms. The van der Waals surface area contributed by atoms with Gasteiger partial charge < -0.3 is 14.6 Å². The smallest absolute Gasteiger partial charge is 0.348 e. The van der Waals surface area contributed by atoms with Gasteiger partial charge in [-0.05, 0) is 43.5 Å². The van der Waals surface area contributed by atoms with Crippen molar-refractivity contribution in [2.24, 2.45) is 0 Å². The molecule has 0 spiro atoms. The zero-order valence-electron chi connectivity index (χ0n) is 16.9. The van der Waals surface area contributed by atoms with Gasteiger partial charge in [0.1, 0.15) is 34.0 Å². The first kappa shape index (κ1) is 21.0. The molecule has 1 aromatic carbocycles. The van der Waals surface area contributed by atoms with E-state index in [9.17, 15) is 14.7 Å². The van der Waals surface area contributed by atoms with Crippen LogP contribution < -0.4 is 10.3 Å². The number of aryl methyl sites for hydroxylation is 3. The number of nitrogens with zero attached hydrogens (tertiary/aromatic N) is 2. The normalized spacial score (nSPS) is 12.2. The molecule has 1 atom stereocenters. The molecule has 0 aliphatic heterocycles. The largest absolute Gasteiger partial charge is 0.491 e. The van der Waals surface area contributed by atoms with Gasteiger partial charge >= 0.3 is 5.97 Å². The Morgan fingerprint density at radius 3 is 2.79 bits per heavy atom. The minimum atomic E-state index is -0.894. The lowest BCUT2D eigenvalue weighted by atomic mass is 10.2. The van der Waals surface area contributed by atoms with Crippen LogP contribution in [0.25, 0.3) is 10.2 Å². The molecule has 7 nitrogen and oxygen atoms in total. The summed E-state index contributed by atoms with van der Waals surface area (Å²) in [6, 6.07) is 7.69. The molecule has 0 aliphatic rings. The molecule has 3 aromatic rings. The van der Waals surface area contributed by atoms with Crippen LogP contribution in [0.2, 0.25) is 0 Å². The van der Waals surface area contributed by atoms with Crippen molar-refractivity contribution in [1.82, 2.24) is 9.55 Å². The van der Waals surface area contributed by atoms with E-state index < -0.39 is 12.1 Å². The van der Waals surface area contributed by atoms with Crippen LogP contribution in [-0.4, -0.2) is 40.4 Å². The predicted molar refractivity (Wildman–Crippen MR) is 112 cm³/mol. The third-order valence-corrected chi connectivity index (χ3v) is 5.92. The highest BCUT2D eigenvalue weighted by molar-refractivity contribution is 7.20. The number of thiophene rings is 1. The molecule has 0 amide bonds. The molecule has 0 aliphatic carbocycles. The Labute approximate surface area is 172 Å². The van der Waals surface area contributed by atoms with Gasteiger partial charge in [0.2, 0.25) is 0 Å². The fraction of sp³-hybridized carbons (Fsp3) is 0.381. The molecule has 0 saturated heterocycles. The van der Waals surface area contributed by atoms with Crippen LogP contribution in [0.4, 0.5) is 0 Å². The van der Waals surface area contributed by atoms with Crippen LogP contribution in [0.1, 0.15) is 33.5 Å². The minimum absolute atomic E-state index is 0.0456. The van der Waals surface area contributed by atoms with Crippen LogP contribution >= 0.6 is 11.3 Å². The average molecular weight is 416 g/mol. The SMILES string of the molecule is CCc1cccc(OC[C@H](O)Cn2c(C)nc3sc(C(=O)OC)c(C)c3c2=O)c1. The number of esters is 1. The van der Waals surface area contributed by atoms with E-state index in [1.807, 2.05) is 24.3 Å². The second-order valence-electron chi connectivity index (χ2n) is 6.77. The number of carbonyl (C=O) groups excluding carboxylic acids is 1. The molecular formula is C21H24N2O5S. The van der Waals surface area contributed by atoms with E-state index in [1.54, 1.807) is 13.8 Å². The summed E-state index contributed by atoms with van der Waals surface area (Å²) < 4.78 is 11.9. The average Bonchev–Trinajstić information content (AvgIpc) is 3.05. The molecule has 154 valence electrons. The Hall–Kier alpha value is -2.71. The van der Waals surface area contributed by atoms with Gasteiger partial charge in [0, 0.05) is 0 Å². The summed E-state index contributed by atoms with van der Waals surface area (Å²) in [7, 11) is 1.30. The quantitative estimate of drug-likeness (QED) is 0.596. The first-order valence-corrected chi connectivity index (χ1v) is 10.2. The highest BCUT2D eigenvalue weighted by Gasteiger charge is 2.22. The lowest BCUT2D eigenvalue weighted by Gasteiger charge is -2.16. The van der Waals surface area contributed by atoms with Gasteiger partial charge in [-0.15, -0.1) is 11.3 Å². The van der Waals surface area contributed by atoms with E-state index in [0.29, 0.717) is 32.2 Å².